The fraction of sp³-hybridized carbons (Fsp3) is 0.500. The Hall–Kier alpha value is -1.48. The molecule has 0 radical (unpaired) electrons. The van der Waals surface area contributed by atoms with Crippen molar-refractivity contribution in [3.05, 3.63) is 35.9 Å². The molecule has 0 unspecified atom stereocenters. The van der Waals surface area contributed by atoms with Crippen molar-refractivity contribution in [2.75, 3.05) is 6.54 Å². The van der Waals surface area contributed by atoms with Crippen LogP contribution in [0.4, 0.5) is 0 Å². The van der Waals surface area contributed by atoms with Crippen LogP contribution in [0.3, 0.4) is 0 Å². The summed E-state index contributed by atoms with van der Waals surface area (Å²) in [6.07, 6.45) is 7.97. The summed E-state index contributed by atoms with van der Waals surface area (Å²) in [7, 11) is 0. The van der Waals surface area contributed by atoms with E-state index in [1.807, 2.05) is 6.07 Å². The lowest BCUT2D eigenvalue weighted by molar-refractivity contribution is 0.403. The van der Waals surface area contributed by atoms with Crippen molar-refractivity contribution in [2.45, 2.75) is 39.7 Å². The number of phenols is 2. The van der Waals surface area contributed by atoms with E-state index in [2.05, 4.69) is 31.3 Å². The second-order valence-corrected chi connectivity index (χ2v) is 5.17. The molecule has 0 spiro atoms. The number of phenolic OH excluding ortho intramolecular Hbond substituents is 2. The monoisotopic (exact) mass is 263 g/mol. The smallest absolute Gasteiger partial charge is 0.157 e. The van der Waals surface area contributed by atoms with Gasteiger partial charge in [0.15, 0.2) is 11.5 Å². The number of unbranched alkanes of at least 4 members (excludes halogenated alkanes) is 2. The van der Waals surface area contributed by atoms with Crippen molar-refractivity contribution in [3.63, 3.8) is 0 Å². The van der Waals surface area contributed by atoms with Crippen LogP contribution in [0, 0.1) is 5.92 Å². The van der Waals surface area contributed by atoms with Gasteiger partial charge in [-0.25, -0.2) is 0 Å². The number of hydrogen-bond acceptors (Lipinski definition) is 3. The molecule has 0 bridgehead atoms. The molecule has 0 amide bonds. The van der Waals surface area contributed by atoms with Crippen LogP contribution >= 0.6 is 0 Å². The Labute approximate surface area is 116 Å². The second kappa shape index (κ2) is 8.59. The second-order valence-electron chi connectivity index (χ2n) is 5.17. The molecule has 0 aliphatic rings. The lowest BCUT2D eigenvalue weighted by atomic mass is 10.1. The first kappa shape index (κ1) is 15.6. The summed E-state index contributed by atoms with van der Waals surface area (Å²) in [6.45, 7) is 6.06. The van der Waals surface area contributed by atoms with E-state index in [1.54, 1.807) is 6.07 Å². The maximum Gasteiger partial charge on any atom is 0.157 e. The first-order valence-electron chi connectivity index (χ1n) is 6.98. The summed E-state index contributed by atoms with van der Waals surface area (Å²) in [5.74, 6) is 0.513. The van der Waals surface area contributed by atoms with Crippen LogP contribution < -0.4 is 5.32 Å². The van der Waals surface area contributed by atoms with E-state index in [9.17, 15) is 10.2 Å². The third-order valence-corrected chi connectivity index (χ3v) is 2.86. The molecule has 106 valence electrons. The maximum atomic E-state index is 9.36. The zero-order valence-corrected chi connectivity index (χ0v) is 11.9. The van der Waals surface area contributed by atoms with Crippen molar-refractivity contribution in [3.8, 4) is 11.5 Å². The van der Waals surface area contributed by atoms with Gasteiger partial charge in [0.05, 0.1) is 0 Å². The summed E-state index contributed by atoms with van der Waals surface area (Å²) in [6, 6.07) is 4.92. The molecule has 0 aliphatic carbocycles. The van der Waals surface area contributed by atoms with Crippen LogP contribution in [0.1, 0.15) is 38.7 Å². The lowest BCUT2D eigenvalue weighted by Crippen LogP contribution is -2.14. The molecule has 0 saturated heterocycles. The molecular weight excluding hydrogens is 238 g/mol. The van der Waals surface area contributed by atoms with Gasteiger partial charge in [0.2, 0.25) is 0 Å². The van der Waals surface area contributed by atoms with Gasteiger partial charge in [-0.3, -0.25) is 0 Å². The largest absolute Gasteiger partial charge is 0.504 e. The minimum absolute atomic E-state index is 0.0573. The average Bonchev–Trinajstić information content (AvgIpc) is 2.36. The van der Waals surface area contributed by atoms with E-state index < -0.39 is 0 Å². The molecule has 0 saturated carbocycles. The Bertz CT molecular complexity index is 400. The number of rotatable bonds is 8. The van der Waals surface area contributed by atoms with Gasteiger partial charge in [0.25, 0.3) is 0 Å². The van der Waals surface area contributed by atoms with Crippen molar-refractivity contribution >= 4 is 0 Å². The van der Waals surface area contributed by atoms with Crippen LogP contribution in [-0.2, 0) is 6.54 Å². The summed E-state index contributed by atoms with van der Waals surface area (Å²) in [4.78, 5) is 0. The summed E-state index contributed by atoms with van der Waals surface area (Å²) >= 11 is 0. The van der Waals surface area contributed by atoms with Crippen molar-refractivity contribution in [1.82, 2.24) is 5.32 Å². The van der Waals surface area contributed by atoms with Gasteiger partial charge in [0, 0.05) is 6.54 Å². The Morgan fingerprint density at radius 3 is 2.63 bits per heavy atom. The van der Waals surface area contributed by atoms with Crippen molar-refractivity contribution < 1.29 is 10.2 Å². The third-order valence-electron chi connectivity index (χ3n) is 2.86. The van der Waals surface area contributed by atoms with Crippen LogP contribution in [-0.4, -0.2) is 16.8 Å². The van der Waals surface area contributed by atoms with Crippen LogP contribution in [0.5, 0.6) is 11.5 Å². The highest BCUT2D eigenvalue weighted by atomic mass is 16.3. The maximum absolute atomic E-state index is 9.36. The Morgan fingerprint density at radius 2 is 1.95 bits per heavy atom. The number of nitrogens with one attached hydrogen (secondary N) is 1. The van der Waals surface area contributed by atoms with Crippen molar-refractivity contribution in [1.29, 1.82) is 0 Å². The zero-order valence-electron chi connectivity index (χ0n) is 11.9. The normalized spacial score (nSPS) is 11.5. The number of allylic oxidation sites excluding steroid dienone is 2. The lowest BCUT2D eigenvalue weighted by Gasteiger charge is -2.05. The van der Waals surface area contributed by atoms with E-state index in [-0.39, 0.29) is 11.5 Å². The highest BCUT2D eigenvalue weighted by Crippen LogP contribution is 2.24. The fourth-order valence-corrected chi connectivity index (χ4v) is 1.79. The fourth-order valence-electron chi connectivity index (χ4n) is 1.79. The molecule has 0 fully saturated rings. The molecule has 19 heavy (non-hydrogen) atoms. The summed E-state index contributed by atoms with van der Waals surface area (Å²) in [5.41, 5.74) is 0.981. The molecule has 0 aromatic heterocycles. The van der Waals surface area contributed by atoms with Crippen LogP contribution in [0.2, 0.25) is 0 Å². The van der Waals surface area contributed by atoms with Gasteiger partial charge in [-0.2, -0.15) is 0 Å². The first-order chi connectivity index (χ1) is 9.09. The number of hydrogen-bond donors (Lipinski definition) is 3. The minimum atomic E-state index is -0.0688. The molecule has 1 aromatic carbocycles. The minimum Gasteiger partial charge on any atom is -0.504 e. The molecular formula is C16H25NO2. The van der Waals surface area contributed by atoms with Gasteiger partial charge in [0.1, 0.15) is 0 Å². The van der Waals surface area contributed by atoms with Crippen molar-refractivity contribution in [2.24, 2.45) is 5.92 Å². The molecule has 3 nitrogen and oxygen atoms in total. The predicted molar refractivity (Wildman–Crippen MR) is 79.3 cm³/mol. The quantitative estimate of drug-likeness (QED) is 0.382. The summed E-state index contributed by atoms with van der Waals surface area (Å²) in [5, 5.41) is 21.9. The van der Waals surface area contributed by atoms with Crippen LogP contribution in [0.15, 0.2) is 30.4 Å². The molecule has 0 heterocycles. The van der Waals surface area contributed by atoms with Gasteiger partial charge < -0.3 is 15.5 Å². The SMILES string of the molecule is CC(C)/C=C/CCCCNCc1ccc(O)c(O)c1. The first-order valence-corrected chi connectivity index (χ1v) is 6.98. The molecule has 1 rings (SSSR count). The predicted octanol–water partition coefficient (Wildman–Crippen LogP) is 3.57. The Morgan fingerprint density at radius 1 is 1.16 bits per heavy atom. The zero-order chi connectivity index (χ0) is 14.1. The summed E-state index contributed by atoms with van der Waals surface area (Å²) < 4.78 is 0. The molecule has 3 N–H and O–H groups in total. The van der Waals surface area contributed by atoms with Gasteiger partial charge in [-0.05, 0) is 49.4 Å². The molecule has 0 aliphatic heterocycles. The highest BCUT2D eigenvalue weighted by Gasteiger charge is 1.99. The third kappa shape index (κ3) is 6.87. The average molecular weight is 263 g/mol. The number of benzene rings is 1. The van der Waals surface area contributed by atoms with E-state index in [0.717, 1.165) is 31.5 Å². The van der Waals surface area contributed by atoms with E-state index in [1.165, 1.54) is 12.5 Å². The van der Waals surface area contributed by atoms with Gasteiger partial charge in [-0.1, -0.05) is 32.1 Å². The molecule has 3 heteroatoms. The van der Waals surface area contributed by atoms with E-state index in [0.29, 0.717) is 5.92 Å². The Kier molecular flexibility index (Phi) is 7.04. The Balaban J connectivity index is 2.09. The van der Waals surface area contributed by atoms with Gasteiger partial charge in [-0.15, -0.1) is 0 Å². The number of aromatic hydroxyl groups is 2. The van der Waals surface area contributed by atoms with Crippen LogP contribution in [0.25, 0.3) is 0 Å². The van der Waals surface area contributed by atoms with E-state index in [4.69, 9.17) is 0 Å². The van der Waals surface area contributed by atoms with E-state index >= 15 is 0 Å². The highest BCUT2D eigenvalue weighted by molar-refractivity contribution is 5.40. The standard InChI is InChI=1S/C16H25NO2/c1-13(2)7-5-3-4-6-10-17-12-14-8-9-15(18)16(19)11-14/h5,7-9,11,13,17-19H,3-4,6,10,12H2,1-2H3/b7-5+. The van der Waals surface area contributed by atoms with Gasteiger partial charge >= 0.3 is 0 Å². The molecule has 1 aromatic rings. The topological polar surface area (TPSA) is 52.5 Å². The molecule has 0 atom stereocenters.